The lowest BCUT2D eigenvalue weighted by Crippen LogP contribution is -2.41. The SMILES string of the molecule is CC1(C)OB(C(F)=Cc2ccc(C(=O)N3CCCC3)cc2)OC1(C)C. The summed E-state index contributed by atoms with van der Waals surface area (Å²) in [6.45, 7) is 9.18. The third-order valence-corrected chi connectivity index (χ3v) is 5.33. The molecule has 2 saturated heterocycles. The molecule has 0 bridgehead atoms. The van der Waals surface area contributed by atoms with Crippen molar-refractivity contribution in [3.63, 3.8) is 0 Å². The van der Waals surface area contributed by atoms with Gasteiger partial charge >= 0.3 is 7.12 Å². The minimum absolute atomic E-state index is 0.0412. The lowest BCUT2D eigenvalue weighted by atomic mass is 9.87. The highest BCUT2D eigenvalue weighted by Gasteiger charge is 2.53. The first-order valence-electron chi connectivity index (χ1n) is 8.82. The molecule has 0 unspecified atom stereocenters. The number of hydrogen-bond acceptors (Lipinski definition) is 3. The molecule has 4 nitrogen and oxygen atoms in total. The van der Waals surface area contributed by atoms with E-state index in [2.05, 4.69) is 0 Å². The van der Waals surface area contributed by atoms with E-state index in [1.165, 1.54) is 6.08 Å². The van der Waals surface area contributed by atoms with Gasteiger partial charge in [0.15, 0.2) is 0 Å². The first-order valence-corrected chi connectivity index (χ1v) is 8.82. The normalized spacial score (nSPS) is 22.5. The van der Waals surface area contributed by atoms with Crippen LogP contribution < -0.4 is 0 Å². The number of nitrogens with zero attached hydrogens (tertiary/aromatic N) is 1. The monoisotopic (exact) mass is 345 g/mol. The van der Waals surface area contributed by atoms with Crippen LogP contribution in [-0.4, -0.2) is 42.2 Å². The van der Waals surface area contributed by atoms with E-state index < -0.39 is 24.0 Å². The zero-order chi connectivity index (χ0) is 18.2. The third-order valence-electron chi connectivity index (χ3n) is 5.33. The lowest BCUT2D eigenvalue weighted by Gasteiger charge is -2.32. The van der Waals surface area contributed by atoms with E-state index in [-0.39, 0.29) is 5.91 Å². The fourth-order valence-electron chi connectivity index (χ4n) is 3.01. The van der Waals surface area contributed by atoms with Gasteiger partial charge in [-0.25, -0.2) is 4.39 Å². The molecule has 2 heterocycles. The average molecular weight is 345 g/mol. The van der Waals surface area contributed by atoms with E-state index >= 15 is 0 Å². The summed E-state index contributed by atoms with van der Waals surface area (Å²) < 4.78 is 25.9. The summed E-state index contributed by atoms with van der Waals surface area (Å²) in [5.74, 6) is 0.0412. The van der Waals surface area contributed by atoms with Crippen molar-refractivity contribution >= 4 is 19.1 Å². The molecule has 0 radical (unpaired) electrons. The van der Waals surface area contributed by atoms with Crippen LogP contribution >= 0.6 is 0 Å². The fourth-order valence-corrected chi connectivity index (χ4v) is 3.01. The Morgan fingerprint density at radius 1 is 1.08 bits per heavy atom. The summed E-state index contributed by atoms with van der Waals surface area (Å²) >= 11 is 0. The Balaban J connectivity index is 1.70. The maximum Gasteiger partial charge on any atom is 0.525 e. The number of rotatable bonds is 3. The summed E-state index contributed by atoms with van der Waals surface area (Å²) in [5.41, 5.74) is -0.318. The van der Waals surface area contributed by atoms with Gasteiger partial charge in [0.2, 0.25) is 0 Å². The van der Waals surface area contributed by atoms with Gasteiger partial charge in [-0.15, -0.1) is 0 Å². The molecule has 0 aliphatic carbocycles. The molecule has 0 saturated carbocycles. The van der Waals surface area contributed by atoms with Crippen molar-refractivity contribution in [1.29, 1.82) is 0 Å². The summed E-state index contributed by atoms with van der Waals surface area (Å²) in [7, 11) is -1.00. The molecule has 134 valence electrons. The number of amides is 1. The maximum atomic E-state index is 14.5. The van der Waals surface area contributed by atoms with Crippen molar-refractivity contribution in [2.45, 2.75) is 51.7 Å². The minimum atomic E-state index is -1.00. The molecule has 2 aliphatic heterocycles. The van der Waals surface area contributed by atoms with Gasteiger partial charge in [-0.1, -0.05) is 12.1 Å². The summed E-state index contributed by atoms with van der Waals surface area (Å²) in [4.78, 5) is 14.2. The van der Waals surface area contributed by atoms with Gasteiger partial charge in [-0.05, 0) is 64.3 Å². The highest BCUT2D eigenvalue weighted by atomic mass is 19.1. The molecule has 0 atom stereocenters. The van der Waals surface area contributed by atoms with Gasteiger partial charge in [-0.2, -0.15) is 0 Å². The van der Waals surface area contributed by atoms with Gasteiger partial charge in [0, 0.05) is 18.7 Å². The maximum absolute atomic E-state index is 14.5. The standard InChI is InChI=1S/C19H25BFNO3/c1-18(2)19(3,4)25-20(24-18)16(21)13-14-7-9-15(10-8-14)17(23)22-11-5-6-12-22/h7-10,13H,5-6,11-12H2,1-4H3. The first-order chi connectivity index (χ1) is 11.7. The third kappa shape index (κ3) is 3.65. The zero-order valence-electron chi connectivity index (χ0n) is 15.3. The molecule has 0 spiro atoms. The van der Waals surface area contributed by atoms with Crippen molar-refractivity contribution in [3.05, 3.63) is 41.1 Å². The molecular weight excluding hydrogens is 320 g/mol. The first kappa shape index (κ1) is 18.1. The van der Waals surface area contributed by atoms with Crippen LogP contribution in [0.3, 0.4) is 0 Å². The Morgan fingerprint density at radius 3 is 2.12 bits per heavy atom. The van der Waals surface area contributed by atoms with Crippen molar-refractivity contribution in [2.24, 2.45) is 0 Å². The number of halogens is 1. The van der Waals surface area contributed by atoms with Crippen molar-refractivity contribution < 1.29 is 18.5 Å². The molecule has 0 N–H and O–H groups in total. The highest BCUT2D eigenvalue weighted by Crippen LogP contribution is 2.39. The van der Waals surface area contributed by atoms with Crippen LogP contribution in [0, 0.1) is 0 Å². The highest BCUT2D eigenvalue weighted by molar-refractivity contribution is 6.54. The molecule has 2 fully saturated rings. The zero-order valence-corrected chi connectivity index (χ0v) is 15.3. The number of likely N-dealkylation sites (tertiary alicyclic amines) is 1. The van der Waals surface area contributed by atoms with Gasteiger partial charge in [0.25, 0.3) is 5.91 Å². The van der Waals surface area contributed by atoms with Crippen molar-refractivity contribution in [3.8, 4) is 0 Å². The topological polar surface area (TPSA) is 38.8 Å². The van der Waals surface area contributed by atoms with Crippen LogP contribution in [0.5, 0.6) is 0 Å². The van der Waals surface area contributed by atoms with Crippen LogP contribution in [-0.2, 0) is 9.31 Å². The van der Waals surface area contributed by atoms with Crippen LogP contribution in [0.25, 0.3) is 6.08 Å². The second-order valence-electron chi connectivity index (χ2n) is 7.74. The van der Waals surface area contributed by atoms with E-state index in [0.717, 1.165) is 25.9 Å². The number of hydrogen-bond donors (Lipinski definition) is 0. The number of benzene rings is 1. The summed E-state index contributed by atoms with van der Waals surface area (Å²) in [6, 6.07) is 6.97. The van der Waals surface area contributed by atoms with Crippen LogP contribution in [0.2, 0.25) is 0 Å². The van der Waals surface area contributed by atoms with E-state index in [1.807, 2.05) is 32.6 Å². The minimum Gasteiger partial charge on any atom is -0.398 e. The second-order valence-corrected chi connectivity index (χ2v) is 7.74. The van der Waals surface area contributed by atoms with Crippen molar-refractivity contribution in [2.75, 3.05) is 13.1 Å². The Labute approximate surface area is 149 Å². The Morgan fingerprint density at radius 2 is 1.60 bits per heavy atom. The molecule has 6 heteroatoms. The van der Waals surface area contributed by atoms with E-state index in [0.29, 0.717) is 11.1 Å². The number of carbonyl (C=O) groups excluding carboxylic acids is 1. The molecular formula is C19H25BFNO3. The average Bonchev–Trinajstić information content (AvgIpc) is 3.14. The predicted octanol–water partition coefficient (Wildman–Crippen LogP) is 3.86. The van der Waals surface area contributed by atoms with Gasteiger partial charge in [-0.3, -0.25) is 4.79 Å². The van der Waals surface area contributed by atoms with E-state index in [4.69, 9.17) is 9.31 Å². The van der Waals surface area contributed by atoms with E-state index in [9.17, 15) is 9.18 Å². The van der Waals surface area contributed by atoms with Crippen LogP contribution in [0.1, 0.15) is 56.5 Å². The Kier molecular flexibility index (Phi) is 4.77. The lowest BCUT2D eigenvalue weighted by molar-refractivity contribution is 0.00578. The molecule has 1 aromatic carbocycles. The molecule has 1 amide bonds. The predicted molar refractivity (Wildman–Crippen MR) is 96.7 cm³/mol. The smallest absolute Gasteiger partial charge is 0.398 e. The second kappa shape index (κ2) is 6.58. The number of carbonyl (C=O) groups is 1. The largest absolute Gasteiger partial charge is 0.525 e. The van der Waals surface area contributed by atoms with Gasteiger partial charge in [0.05, 0.1) is 11.2 Å². The summed E-state index contributed by atoms with van der Waals surface area (Å²) in [5, 5.41) is 0. The van der Waals surface area contributed by atoms with Crippen LogP contribution in [0.4, 0.5) is 4.39 Å². The van der Waals surface area contributed by atoms with Gasteiger partial charge < -0.3 is 14.2 Å². The Bertz CT molecular complexity index is 662. The molecule has 1 aromatic rings. The fraction of sp³-hybridized carbons (Fsp3) is 0.526. The molecule has 3 rings (SSSR count). The van der Waals surface area contributed by atoms with Crippen molar-refractivity contribution in [1.82, 2.24) is 4.90 Å². The molecule has 0 aromatic heterocycles. The quantitative estimate of drug-likeness (QED) is 0.781. The Hall–Kier alpha value is -1.66. The van der Waals surface area contributed by atoms with Gasteiger partial charge in [0.1, 0.15) is 5.73 Å². The summed E-state index contributed by atoms with van der Waals surface area (Å²) in [6.07, 6.45) is 3.52. The molecule has 25 heavy (non-hydrogen) atoms. The molecule has 2 aliphatic rings. The van der Waals surface area contributed by atoms with Crippen LogP contribution in [0.15, 0.2) is 30.0 Å². The van der Waals surface area contributed by atoms with E-state index in [1.54, 1.807) is 24.3 Å².